The number of benzene rings is 5. The lowest BCUT2D eigenvalue weighted by Crippen LogP contribution is -2.23. The van der Waals surface area contributed by atoms with Gasteiger partial charge in [-0.3, -0.25) is 4.79 Å². The van der Waals surface area contributed by atoms with Gasteiger partial charge in [0, 0.05) is 22.9 Å². The maximum Gasteiger partial charge on any atom is 0.166 e. The van der Waals surface area contributed by atoms with Crippen LogP contribution in [0, 0.1) is 5.92 Å². The molecule has 0 bridgehead atoms. The molecular formula is C32H25ClO2. The van der Waals surface area contributed by atoms with Crippen LogP contribution in [0.5, 0.6) is 5.75 Å². The predicted octanol–water partition coefficient (Wildman–Crippen LogP) is 7.93. The monoisotopic (exact) mass is 476 g/mol. The molecule has 0 heterocycles. The van der Waals surface area contributed by atoms with E-state index < -0.39 is 0 Å². The number of aromatic hydroxyl groups is 1. The standard InChI is InChI=1S/C32H25ClO2/c33-26-12-6-20(7-13-26)16-25-17-23-11-15-27-28(30(23)19-31(25)34)14-10-21-8-9-24(18-29(21)27)32(35)22-4-2-1-3-5-22/h1-7,10-15,17,19,24,34H,8-9,16,18H2. The number of rotatable bonds is 4. The van der Waals surface area contributed by atoms with Crippen LogP contribution in [0.1, 0.15) is 39.0 Å². The second kappa shape index (κ2) is 8.87. The van der Waals surface area contributed by atoms with Gasteiger partial charge < -0.3 is 5.11 Å². The molecule has 0 radical (unpaired) electrons. The summed E-state index contributed by atoms with van der Waals surface area (Å²) < 4.78 is 0. The molecule has 2 nitrogen and oxygen atoms in total. The number of aryl methyl sites for hydroxylation is 1. The number of hydrogen-bond donors (Lipinski definition) is 1. The van der Waals surface area contributed by atoms with Gasteiger partial charge in [0.25, 0.3) is 0 Å². The Bertz CT molecular complexity index is 1570. The van der Waals surface area contributed by atoms with Crippen molar-refractivity contribution in [3.63, 3.8) is 0 Å². The minimum absolute atomic E-state index is 0.00125. The number of halogens is 1. The van der Waals surface area contributed by atoms with Crippen molar-refractivity contribution in [3.05, 3.63) is 124 Å². The zero-order valence-electron chi connectivity index (χ0n) is 19.3. The number of ketones is 1. The van der Waals surface area contributed by atoms with Crippen LogP contribution in [0.15, 0.2) is 91.0 Å². The van der Waals surface area contributed by atoms with Gasteiger partial charge in [-0.05, 0) is 87.3 Å². The summed E-state index contributed by atoms with van der Waals surface area (Å²) in [6, 6.07) is 30.1. The van der Waals surface area contributed by atoms with Gasteiger partial charge in [0.05, 0.1) is 0 Å². The van der Waals surface area contributed by atoms with E-state index in [4.69, 9.17) is 11.6 Å². The molecule has 0 aromatic heterocycles. The first-order chi connectivity index (χ1) is 17.1. The van der Waals surface area contributed by atoms with Crippen LogP contribution in [0.25, 0.3) is 21.5 Å². The van der Waals surface area contributed by atoms with Crippen LogP contribution in [0.3, 0.4) is 0 Å². The third-order valence-electron chi connectivity index (χ3n) is 7.37. The van der Waals surface area contributed by atoms with Gasteiger partial charge in [-0.2, -0.15) is 0 Å². The zero-order chi connectivity index (χ0) is 23.9. The van der Waals surface area contributed by atoms with Crippen molar-refractivity contribution in [1.82, 2.24) is 0 Å². The number of fused-ring (bicyclic) bond motifs is 5. The summed E-state index contributed by atoms with van der Waals surface area (Å²) in [6.07, 6.45) is 3.20. The van der Waals surface area contributed by atoms with Gasteiger partial charge in [-0.15, -0.1) is 0 Å². The van der Waals surface area contributed by atoms with Crippen molar-refractivity contribution < 1.29 is 9.90 Å². The topological polar surface area (TPSA) is 37.3 Å². The normalized spacial score (nSPS) is 15.3. The summed E-state index contributed by atoms with van der Waals surface area (Å²) in [5.74, 6) is 0.537. The molecule has 1 N–H and O–H groups in total. The lowest BCUT2D eigenvalue weighted by atomic mass is 9.78. The van der Waals surface area contributed by atoms with E-state index in [0.29, 0.717) is 17.2 Å². The Morgan fingerprint density at radius 1 is 0.857 bits per heavy atom. The molecule has 1 atom stereocenters. The number of carbonyl (C=O) groups excluding carboxylic acids is 1. The van der Waals surface area contributed by atoms with Crippen molar-refractivity contribution >= 4 is 38.9 Å². The highest BCUT2D eigenvalue weighted by molar-refractivity contribution is 6.30. The van der Waals surface area contributed by atoms with E-state index in [2.05, 4.69) is 30.3 Å². The summed E-state index contributed by atoms with van der Waals surface area (Å²) in [5, 5.41) is 16.1. The van der Waals surface area contributed by atoms with Crippen molar-refractivity contribution in [2.24, 2.45) is 5.92 Å². The van der Waals surface area contributed by atoms with Gasteiger partial charge in [-0.1, -0.05) is 78.3 Å². The minimum Gasteiger partial charge on any atom is -0.508 e. The Morgan fingerprint density at radius 2 is 1.63 bits per heavy atom. The van der Waals surface area contributed by atoms with E-state index in [1.54, 1.807) is 0 Å². The molecule has 0 spiro atoms. The van der Waals surface area contributed by atoms with Crippen LogP contribution in [0.2, 0.25) is 5.02 Å². The second-order valence-corrected chi connectivity index (χ2v) is 9.98. The smallest absolute Gasteiger partial charge is 0.166 e. The number of phenolic OH excluding ortho intramolecular Hbond substituents is 1. The highest BCUT2D eigenvalue weighted by atomic mass is 35.5. The highest BCUT2D eigenvalue weighted by Gasteiger charge is 2.27. The molecule has 5 aromatic rings. The highest BCUT2D eigenvalue weighted by Crippen LogP contribution is 2.38. The number of carbonyl (C=O) groups is 1. The number of hydrogen-bond acceptors (Lipinski definition) is 2. The molecule has 6 rings (SSSR count). The Balaban J connectivity index is 1.38. The van der Waals surface area contributed by atoms with Crippen LogP contribution >= 0.6 is 11.6 Å². The predicted molar refractivity (Wildman–Crippen MR) is 144 cm³/mol. The summed E-state index contributed by atoms with van der Waals surface area (Å²) >= 11 is 6.02. The van der Waals surface area contributed by atoms with Crippen LogP contribution < -0.4 is 0 Å². The van der Waals surface area contributed by atoms with Crippen molar-refractivity contribution in [2.45, 2.75) is 25.7 Å². The van der Waals surface area contributed by atoms with E-state index in [9.17, 15) is 9.90 Å². The van der Waals surface area contributed by atoms with Gasteiger partial charge in [0.2, 0.25) is 0 Å². The van der Waals surface area contributed by atoms with Crippen LogP contribution in [0.4, 0.5) is 0 Å². The zero-order valence-corrected chi connectivity index (χ0v) is 20.1. The van der Waals surface area contributed by atoms with Gasteiger partial charge >= 0.3 is 0 Å². The first-order valence-electron chi connectivity index (χ1n) is 12.1. The Kier molecular flexibility index (Phi) is 5.54. The van der Waals surface area contributed by atoms with Crippen molar-refractivity contribution in [2.75, 3.05) is 0 Å². The molecule has 1 unspecified atom stereocenters. The largest absolute Gasteiger partial charge is 0.508 e. The molecule has 0 fully saturated rings. The Hall–Kier alpha value is -3.62. The molecule has 0 aliphatic heterocycles. The van der Waals surface area contributed by atoms with E-state index in [0.717, 1.165) is 52.1 Å². The van der Waals surface area contributed by atoms with Crippen molar-refractivity contribution in [1.29, 1.82) is 0 Å². The fourth-order valence-corrected chi connectivity index (χ4v) is 5.64. The quantitative estimate of drug-likeness (QED) is 0.211. The molecule has 172 valence electrons. The third-order valence-corrected chi connectivity index (χ3v) is 7.63. The van der Waals surface area contributed by atoms with Crippen molar-refractivity contribution in [3.8, 4) is 5.75 Å². The maximum absolute atomic E-state index is 13.2. The van der Waals surface area contributed by atoms with E-state index in [1.807, 2.05) is 60.7 Å². The van der Waals surface area contributed by atoms with E-state index in [1.165, 1.54) is 16.5 Å². The first kappa shape index (κ1) is 21.9. The van der Waals surface area contributed by atoms with Crippen LogP contribution in [-0.2, 0) is 19.3 Å². The Labute approximate surface area is 209 Å². The average Bonchev–Trinajstić information content (AvgIpc) is 2.90. The lowest BCUT2D eigenvalue weighted by Gasteiger charge is -2.25. The molecule has 35 heavy (non-hydrogen) atoms. The molecule has 0 saturated heterocycles. The first-order valence-corrected chi connectivity index (χ1v) is 12.5. The summed E-state index contributed by atoms with van der Waals surface area (Å²) in [6.45, 7) is 0. The van der Waals surface area contributed by atoms with E-state index >= 15 is 0 Å². The van der Waals surface area contributed by atoms with Gasteiger partial charge in [0.15, 0.2) is 5.78 Å². The third kappa shape index (κ3) is 4.09. The SMILES string of the molecule is O=C(c1ccccc1)C1CCc2ccc3c(ccc4cc(Cc5ccc(Cl)cc5)c(O)cc43)c2C1. The lowest BCUT2D eigenvalue weighted by molar-refractivity contribution is 0.0909. The second-order valence-electron chi connectivity index (χ2n) is 9.54. The van der Waals surface area contributed by atoms with Gasteiger partial charge in [0.1, 0.15) is 5.75 Å². The summed E-state index contributed by atoms with van der Waals surface area (Å²) in [5.41, 5.74) is 5.40. The summed E-state index contributed by atoms with van der Waals surface area (Å²) in [7, 11) is 0. The number of Topliss-reactive ketones (excluding diaryl/α,β-unsaturated/α-hetero) is 1. The molecule has 1 aliphatic rings. The molecule has 0 amide bonds. The minimum atomic E-state index is 0.00125. The fourth-order valence-electron chi connectivity index (χ4n) is 5.51. The molecule has 1 aliphatic carbocycles. The average molecular weight is 477 g/mol. The number of phenols is 1. The molecular weight excluding hydrogens is 452 g/mol. The fraction of sp³-hybridized carbons (Fsp3) is 0.156. The summed E-state index contributed by atoms with van der Waals surface area (Å²) in [4.78, 5) is 13.2. The molecule has 5 aromatic carbocycles. The molecule has 0 saturated carbocycles. The Morgan fingerprint density at radius 3 is 2.43 bits per heavy atom. The van der Waals surface area contributed by atoms with Gasteiger partial charge in [-0.25, -0.2) is 0 Å². The van der Waals surface area contributed by atoms with Crippen LogP contribution in [-0.4, -0.2) is 10.9 Å². The van der Waals surface area contributed by atoms with E-state index in [-0.39, 0.29) is 11.7 Å². The maximum atomic E-state index is 13.2. The molecule has 3 heteroatoms.